The van der Waals surface area contributed by atoms with Gasteiger partial charge in [0.1, 0.15) is 0 Å². The van der Waals surface area contributed by atoms with Crippen molar-refractivity contribution in [1.29, 1.82) is 0 Å². The maximum absolute atomic E-state index is 12.1. The highest BCUT2D eigenvalue weighted by Gasteiger charge is 2.28. The predicted octanol–water partition coefficient (Wildman–Crippen LogP) is 1.46. The summed E-state index contributed by atoms with van der Waals surface area (Å²) in [6.45, 7) is 6.86. The van der Waals surface area contributed by atoms with Crippen LogP contribution in [-0.4, -0.2) is 77.1 Å². The van der Waals surface area contributed by atoms with Crippen LogP contribution in [0.4, 0.5) is 4.79 Å². The fourth-order valence-electron chi connectivity index (χ4n) is 3.28. The molecule has 0 unspecified atom stereocenters. The zero-order valence-electron chi connectivity index (χ0n) is 13.0. The minimum Gasteiger partial charge on any atom is -0.465 e. The van der Waals surface area contributed by atoms with Gasteiger partial charge in [-0.25, -0.2) is 4.79 Å². The zero-order chi connectivity index (χ0) is 15.2. The van der Waals surface area contributed by atoms with E-state index in [2.05, 4.69) is 4.90 Å². The minimum atomic E-state index is -0.925. The molecule has 6 nitrogen and oxygen atoms in total. The van der Waals surface area contributed by atoms with E-state index in [1.165, 1.54) is 37.3 Å². The first-order valence-electron chi connectivity index (χ1n) is 8.07. The summed E-state index contributed by atoms with van der Waals surface area (Å²) < 4.78 is 0. The molecule has 0 aromatic heterocycles. The minimum absolute atomic E-state index is 0.0873. The van der Waals surface area contributed by atoms with Crippen LogP contribution in [0.25, 0.3) is 0 Å². The molecular weight excluding hydrogens is 270 g/mol. The van der Waals surface area contributed by atoms with Crippen LogP contribution in [0.1, 0.15) is 39.0 Å². The van der Waals surface area contributed by atoms with E-state index in [0.29, 0.717) is 19.5 Å². The van der Waals surface area contributed by atoms with Gasteiger partial charge >= 0.3 is 6.09 Å². The summed E-state index contributed by atoms with van der Waals surface area (Å²) in [5, 5.41) is 9.14. The highest BCUT2D eigenvalue weighted by atomic mass is 16.4. The molecule has 0 saturated carbocycles. The number of hydrogen-bond donors (Lipinski definition) is 1. The monoisotopic (exact) mass is 297 g/mol. The molecule has 1 N–H and O–H groups in total. The fraction of sp³-hybridized carbons (Fsp3) is 0.867. The van der Waals surface area contributed by atoms with Crippen LogP contribution in [0.15, 0.2) is 0 Å². The first-order valence-corrected chi connectivity index (χ1v) is 8.07. The Bertz CT molecular complexity index is 369. The van der Waals surface area contributed by atoms with Gasteiger partial charge < -0.3 is 19.8 Å². The summed E-state index contributed by atoms with van der Waals surface area (Å²) >= 11 is 0. The molecule has 2 aliphatic heterocycles. The number of likely N-dealkylation sites (tertiary alicyclic amines) is 1. The third-order valence-electron chi connectivity index (χ3n) is 4.53. The van der Waals surface area contributed by atoms with E-state index in [9.17, 15) is 9.59 Å². The number of carbonyl (C=O) groups is 2. The Morgan fingerprint density at radius 3 is 2.57 bits per heavy atom. The summed E-state index contributed by atoms with van der Waals surface area (Å²) in [5.41, 5.74) is 0. The molecule has 0 aromatic rings. The van der Waals surface area contributed by atoms with Crippen molar-refractivity contribution in [3.8, 4) is 0 Å². The quantitative estimate of drug-likeness (QED) is 0.853. The van der Waals surface area contributed by atoms with Gasteiger partial charge in [0, 0.05) is 32.1 Å². The molecule has 2 rings (SSSR count). The van der Waals surface area contributed by atoms with Crippen molar-refractivity contribution in [1.82, 2.24) is 14.7 Å². The molecule has 2 saturated heterocycles. The Morgan fingerprint density at radius 2 is 1.90 bits per heavy atom. The predicted molar refractivity (Wildman–Crippen MR) is 80.3 cm³/mol. The summed E-state index contributed by atoms with van der Waals surface area (Å²) in [6, 6.07) is -0.121. The number of rotatable bonds is 4. The molecular formula is C15H27N3O3. The van der Waals surface area contributed by atoms with Gasteiger partial charge in [-0.2, -0.15) is 0 Å². The molecule has 120 valence electrons. The van der Waals surface area contributed by atoms with Crippen molar-refractivity contribution >= 4 is 12.0 Å². The number of piperidine rings is 1. The highest BCUT2D eigenvalue weighted by Crippen LogP contribution is 2.13. The molecule has 0 aromatic carbocycles. The first-order chi connectivity index (χ1) is 10.1. The van der Waals surface area contributed by atoms with Gasteiger partial charge in [-0.05, 0) is 45.8 Å². The van der Waals surface area contributed by atoms with E-state index in [1.54, 1.807) is 0 Å². The summed E-state index contributed by atoms with van der Waals surface area (Å²) in [6.07, 6.45) is 4.27. The van der Waals surface area contributed by atoms with Crippen molar-refractivity contribution in [3.63, 3.8) is 0 Å². The molecule has 0 spiro atoms. The third-order valence-corrected chi connectivity index (χ3v) is 4.53. The Balaban J connectivity index is 1.78. The average molecular weight is 297 g/mol. The lowest BCUT2D eigenvalue weighted by atomic mass is 10.1. The van der Waals surface area contributed by atoms with Gasteiger partial charge in [0.15, 0.2) is 0 Å². The molecule has 21 heavy (non-hydrogen) atoms. The Kier molecular flexibility index (Phi) is 5.85. The van der Waals surface area contributed by atoms with Crippen LogP contribution in [0.2, 0.25) is 0 Å². The molecule has 0 bridgehead atoms. The normalized spacial score (nSPS) is 25.0. The van der Waals surface area contributed by atoms with Crippen LogP contribution < -0.4 is 0 Å². The van der Waals surface area contributed by atoms with E-state index in [4.69, 9.17) is 5.11 Å². The Hall–Kier alpha value is -1.30. The smallest absolute Gasteiger partial charge is 0.407 e. The molecule has 2 fully saturated rings. The van der Waals surface area contributed by atoms with Crippen molar-refractivity contribution in [2.45, 2.75) is 45.1 Å². The van der Waals surface area contributed by atoms with Crippen LogP contribution in [0.5, 0.6) is 0 Å². The molecule has 1 atom stereocenters. The van der Waals surface area contributed by atoms with Crippen LogP contribution in [0, 0.1) is 0 Å². The molecule has 2 aliphatic rings. The SMILES string of the molecule is C[C@@H]1CN(CCCN2CCCCC2)C(=O)CCN1C(=O)O. The maximum atomic E-state index is 12.1. The van der Waals surface area contributed by atoms with Gasteiger partial charge in [0.05, 0.1) is 0 Å². The summed E-state index contributed by atoms with van der Waals surface area (Å²) in [4.78, 5) is 28.9. The van der Waals surface area contributed by atoms with Gasteiger partial charge in [0.2, 0.25) is 5.91 Å². The largest absolute Gasteiger partial charge is 0.465 e. The van der Waals surface area contributed by atoms with Gasteiger partial charge in [-0.15, -0.1) is 0 Å². The van der Waals surface area contributed by atoms with E-state index in [0.717, 1.165) is 19.5 Å². The number of amides is 2. The van der Waals surface area contributed by atoms with Gasteiger partial charge in [0.25, 0.3) is 0 Å². The van der Waals surface area contributed by atoms with Gasteiger partial charge in [-0.1, -0.05) is 6.42 Å². The average Bonchev–Trinajstić information content (AvgIpc) is 2.60. The Morgan fingerprint density at radius 1 is 1.19 bits per heavy atom. The standard InChI is InChI=1S/C15H27N3O3/c1-13-12-17(14(19)6-11-18(13)15(20)21)10-5-9-16-7-3-2-4-8-16/h13H,2-12H2,1H3,(H,20,21)/t13-/m1/s1. The molecule has 2 amide bonds. The van der Waals surface area contributed by atoms with Crippen molar-refractivity contribution in [3.05, 3.63) is 0 Å². The van der Waals surface area contributed by atoms with Crippen molar-refractivity contribution in [2.24, 2.45) is 0 Å². The lowest BCUT2D eigenvalue weighted by Crippen LogP contribution is -2.43. The fourth-order valence-corrected chi connectivity index (χ4v) is 3.28. The number of hydrogen-bond acceptors (Lipinski definition) is 3. The summed E-state index contributed by atoms with van der Waals surface area (Å²) in [7, 11) is 0. The topological polar surface area (TPSA) is 64.1 Å². The second-order valence-corrected chi connectivity index (χ2v) is 6.17. The van der Waals surface area contributed by atoms with Crippen LogP contribution in [-0.2, 0) is 4.79 Å². The van der Waals surface area contributed by atoms with Crippen LogP contribution in [0.3, 0.4) is 0 Å². The van der Waals surface area contributed by atoms with Gasteiger partial charge in [-0.3, -0.25) is 4.79 Å². The molecule has 2 heterocycles. The number of nitrogens with zero attached hydrogens (tertiary/aromatic N) is 3. The summed E-state index contributed by atoms with van der Waals surface area (Å²) in [5.74, 6) is 0.0873. The first kappa shape index (κ1) is 16.1. The highest BCUT2D eigenvalue weighted by molar-refractivity contribution is 5.78. The van der Waals surface area contributed by atoms with E-state index in [1.807, 2.05) is 11.8 Å². The second kappa shape index (κ2) is 7.64. The molecule has 6 heteroatoms. The zero-order valence-corrected chi connectivity index (χ0v) is 13.0. The van der Waals surface area contributed by atoms with E-state index in [-0.39, 0.29) is 11.9 Å². The second-order valence-electron chi connectivity index (χ2n) is 6.17. The van der Waals surface area contributed by atoms with Crippen molar-refractivity contribution < 1.29 is 14.7 Å². The van der Waals surface area contributed by atoms with E-state index >= 15 is 0 Å². The number of carbonyl (C=O) groups excluding carboxylic acids is 1. The molecule has 0 radical (unpaired) electrons. The lowest BCUT2D eigenvalue weighted by Gasteiger charge is -2.29. The maximum Gasteiger partial charge on any atom is 0.407 e. The van der Waals surface area contributed by atoms with E-state index < -0.39 is 6.09 Å². The molecule has 0 aliphatic carbocycles. The lowest BCUT2D eigenvalue weighted by molar-refractivity contribution is -0.130. The van der Waals surface area contributed by atoms with Crippen LogP contribution >= 0.6 is 0 Å². The number of carboxylic acid groups (broad SMARTS) is 1. The van der Waals surface area contributed by atoms with Crippen molar-refractivity contribution in [2.75, 3.05) is 39.3 Å². The third kappa shape index (κ3) is 4.59. The Labute approximate surface area is 126 Å².